The Labute approximate surface area is 498 Å². The summed E-state index contributed by atoms with van der Waals surface area (Å²) in [6.45, 7) is 4.32. The van der Waals surface area contributed by atoms with E-state index < -0.39 is 26.5 Å². The maximum Gasteiger partial charge on any atom is 0.306 e. The summed E-state index contributed by atoms with van der Waals surface area (Å²) >= 11 is 0. The van der Waals surface area contributed by atoms with Crippen LogP contribution in [0.5, 0.6) is 0 Å². The molecule has 0 aliphatic carbocycles. The van der Waals surface area contributed by atoms with Crippen molar-refractivity contribution in [2.24, 2.45) is 0 Å². The molecule has 0 aromatic rings. The molecule has 0 aliphatic heterocycles. The molecule has 0 bridgehead atoms. The number of phosphoric ester groups is 1. The molecule has 476 valence electrons. The lowest BCUT2D eigenvalue weighted by Gasteiger charge is -2.28. The third-order valence-corrected chi connectivity index (χ3v) is 17.2. The van der Waals surface area contributed by atoms with Crippen molar-refractivity contribution >= 4 is 19.8 Å². The minimum absolute atomic E-state index is 0.0264. The SMILES string of the molecule is CCCCCCCCCC/C=C\CCCCCCCCCCCCCCCC(=O)OC(COC(=O)CCCCCCCCCCCCCCCCCCCCCCCCCCCCCCCCC)COP(=O)([O-])OCC[N+](C)(C)C. The number of carbonyl (C=O) groups excluding carboxylic acids is 2. The van der Waals surface area contributed by atoms with Gasteiger partial charge in [0.25, 0.3) is 7.82 Å². The first-order chi connectivity index (χ1) is 39.0. The molecule has 2 unspecified atom stereocenters. The molecule has 0 saturated carbocycles. The molecule has 0 aromatic heterocycles. The number of likely N-dealkylation sites (N-methyl/N-ethyl adjacent to an activating group) is 1. The molecule has 9 nitrogen and oxygen atoms in total. The predicted octanol–water partition coefficient (Wildman–Crippen LogP) is 22.1. The van der Waals surface area contributed by atoms with Crippen molar-refractivity contribution in [1.82, 2.24) is 0 Å². The quantitative estimate of drug-likeness (QED) is 0.0195. The van der Waals surface area contributed by atoms with E-state index in [0.717, 1.165) is 32.1 Å². The Hall–Kier alpha value is -1.25. The molecular weight excluding hydrogens is 1010 g/mol. The van der Waals surface area contributed by atoms with Crippen LogP contribution < -0.4 is 4.89 Å². The summed E-state index contributed by atoms with van der Waals surface area (Å²) in [5.41, 5.74) is 0. The second-order valence-corrected chi connectivity index (χ2v) is 27.0. The molecule has 0 rings (SSSR count). The van der Waals surface area contributed by atoms with Crippen molar-refractivity contribution in [3.63, 3.8) is 0 Å². The second-order valence-electron chi connectivity index (χ2n) is 25.6. The van der Waals surface area contributed by atoms with Crippen molar-refractivity contribution in [3.8, 4) is 0 Å². The van der Waals surface area contributed by atoms with E-state index in [0.29, 0.717) is 17.4 Å². The standard InChI is InChI=1S/C70H138NO8P/c1-6-8-10-12-14-16-18-20-22-24-26-28-30-32-33-34-35-36-37-39-40-42-44-46-48-50-52-54-56-58-60-62-69(72)76-66-68(67-78-80(74,75)77-65-64-71(3,4)5)79-70(73)63-61-59-57-55-53-51-49-47-45-43-41-38-31-29-27-25-23-21-19-17-15-13-11-9-7-2/h25,27,68H,6-24,26,28-67H2,1-5H3/b27-25-. The maximum atomic E-state index is 12.9. The minimum atomic E-state index is -4.64. The number of hydrogen-bond acceptors (Lipinski definition) is 8. The van der Waals surface area contributed by atoms with Gasteiger partial charge in [0.15, 0.2) is 6.10 Å². The van der Waals surface area contributed by atoms with Gasteiger partial charge < -0.3 is 27.9 Å². The minimum Gasteiger partial charge on any atom is -0.756 e. The van der Waals surface area contributed by atoms with Crippen molar-refractivity contribution in [1.29, 1.82) is 0 Å². The van der Waals surface area contributed by atoms with Gasteiger partial charge in [-0.1, -0.05) is 334 Å². The zero-order valence-corrected chi connectivity index (χ0v) is 55.2. The van der Waals surface area contributed by atoms with Crippen molar-refractivity contribution in [2.75, 3.05) is 47.5 Å². The number of hydrogen-bond donors (Lipinski definition) is 0. The Bertz CT molecular complexity index is 1350. The summed E-state index contributed by atoms with van der Waals surface area (Å²) in [5.74, 6) is -0.808. The van der Waals surface area contributed by atoms with Crippen LogP contribution in [0.25, 0.3) is 0 Å². The van der Waals surface area contributed by atoms with E-state index in [1.807, 2.05) is 21.1 Å². The zero-order chi connectivity index (χ0) is 58.4. The molecule has 80 heavy (non-hydrogen) atoms. The maximum absolute atomic E-state index is 12.9. The fourth-order valence-corrected chi connectivity index (χ4v) is 11.6. The monoisotopic (exact) mass is 1150 g/mol. The van der Waals surface area contributed by atoms with Gasteiger partial charge in [-0.15, -0.1) is 0 Å². The number of unbranched alkanes of at least 4 members (excludes halogenated alkanes) is 51. The molecule has 0 heterocycles. The van der Waals surface area contributed by atoms with E-state index in [4.69, 9.17) is 18.5 Å². The van der Waals surface area contributed by atoms with Crippen LogP contribution in [0, 0.1) is 0 Å². The lowest BCUT2D eigenvalue weighted by atomic mass is 10.0. The van der Waals surface area contributed by atoms with Crippen molar-refractivity contribution < 1.29 is 42.1 Å². The fraction of sp³-hybridized carbons (Fsp3) is 0.943. The second kappa shape index (κ2) is 62.3. The lowest BCUT2D eigenvalue weighted by molar-refractivity contribution is -0.870. The summed E-state index contributed by atoms with van der Waals surface area (Å²) in [6.07, 6.45) is 75.9. The predicted molar refractivity (Wildman–Crippen MR) is 342 cm³/mol. The first kappa shape index (κ1) is 78.8. The van der Waals surface area contributed by atoms with Gasteiger partial charge in [0.2, 0.25) is 0 Å². The third kappa shape index (κ3) is 65.9. The van der Waals surface area contributed by atoms with Crippen LogP contribution in [-0.2, 0) is 32.7 Å². The summed E-state index contributed by atoms with van der Waals surface area (Å²) in [7, 11) is 1.19. The van der Waals surface area contributed by atoms with E-state index in [2.05, 4.69) is 26.0 Å². The Morgan fingerprint density at radius 1 is 0.375 bits per heavy atom. The first-order valence-corrected chi connectivity index (χ1v) is 36.9. The van der Waals surface area contributed by atoms with Crippen LogP contribution in [0.4, 0.5) is 0 Å². The Morgan fingerprint density at radius 2 is 0.637 bits per heavy atom. The Balaban J connectivity index is 3.97. The molecule has 0 N–H and O–H groups in total. The van der Waals surface area contributed by atoms with Gasteiger partial charge in [-0.05, 0) is 38.5 Å². The summed E-state index contributed by atoms with van der Waals surface area (Å²) in [4.78, 5) is 38.0. The normalized spacial score (nSPS) is 13.1. The Morgan fingerprint density at radius 3 is 0.925 bits per heavy atom. The number of phosphoric acid groups is 1. The number of rotatable bonds is 67. The number of ether oxygens (including phenoxy) is 2. The van der Waals surface area contributed by atoms with E-state index in [1.54, 1.807) is 0 Å². The summed E-state index contributed by atoms with van der Waals surface area (Å²) < 4.78 is 34.3. The average Bonchev–Trinajstić information content (AvgIpc) is 3.42. The topological polar surface area (TPSA) is 111 Å². The highest BCUT2D eigenvalue weighted by Crippen LogP contribution is 2.38. The molecule has 0 radical (unpaired) electrons. The number of carbonyl (C=O) groups is 2. The molecule has 10 heteroatoms. The van der Waals surface area contributed by atoms with Crippen molar-refractivity contribution in [3.05, 3.63) is 12.2 Å². The molecule has 0 spiro atoms. The van der Waals surface area contributed by atoms with Crippen LogP contribution in [0.3, 0.4) is 0 Å². The highest BCUT2D eigenvalue weighted by Gasteiger charge is 2.22. The van der Waals surface area contributed by atoms with Gasteiger partial charge in [0, 0.05) is 12.8 Å². The van der Waals surface area contributed by atoms with Gasteiger partial charge in [0.1, 0.15) is 19.8 Å². The van der Waals surface area contributed by atoms with Gasteiger partial charge >= 0.3 is 11.9 Å². The fourth-order valence-electron chi connectivity index (χ4n) is 10.8. The van der Waals surface area contributed by atoms with Crippen LogP contribution in [0.15, 0.2) is 12.2 Å². The van der Waals surface area contributed by atoms with E-state index in [9.17, 15) is 19.0 Å². The highest BCUT2D eigenvalue weighted by molar-refractivity contribution is 7.45. The highest BCUT2D eigenvalue weighted by atomic mass is 31.2. The zero-order valence-electron chi connectivity index (χ0n) is 54.3. The third-order valence-electron chi connectivity index (χ3n) is 16.3. The average molecular weight is 1150 g/mol. The summed E-state index contributed by atoms with van der Waals surface area (Å²) in [6, 6.07) is 0. The number of quaternary nitrogens is 1. The van der Waals surface area contributed by atoms with Crippen molar-refractivity contribution in [2.45, 2.75) is 380 Å². The number of allylic oxidation sites excluding steroid dienone is 2. The first-order valence-electron chi connectivity index (χ1n) is 35.4. The van der Waals surface area contributed by atoms with E-state index in [1.165, 1.54) is 308 Å². The smallest absolute Gasteiger partial charge is 0.306 e. The molecule has 0 fully saturated rings. The van der Waals surface area contributed by atoms with Crippen LogP contribution in [-0.4, -0.2) is 70.0 Å². The molecule has 0 amide bonds. The van der Waals surface area contributed by atoms with Gasteiger partial charge in [-0.3, -0.25) is 14.2 Å². The Kier molecular flexibility index (Phi) is 61.3. The molecule has 2 atom stereocenters. The molecule has 0 aromatic carbocycles. The largest absolute Gasteiger partial charge is 0.756 e. The lowest BCUT2D eigenvalue weighted by Crippen LogP contribution is -2.37. The van der Waals surface area contributed by atoms with Crippen LogP contribution in [0.2, 0.25) is 0 Å². The molecule has 0 saturated heterocycles. The van der Waals surface area contributed by atoms with E-state index >= 15 is 0 Å². The van der Waals surface area contributed by atoms with Gasteiger partial charge in [-0.25, -0.2) is 0 Å². The van der Waals surface area contributed by atoms with E-state index in [-0.39, 0.29) is 32.0 Å². The van der Waals surface area contributed by atoms with Crippen LogP contribution in [0.1, 0.15) is 373 Å². The molecular formula is C70H138NO8P. The molecule has 0 aliphatic rings. The van der Waals surface area contributed by atoms with Gasteiger partial charge in [-0.2, -0.15) is 0 Å². The van der Waals surface area contributed by atoms with Gasteiger partial charge in [0.05, 0.1) is 27.7 Å². The van der Waals surface area contributed by atoms with Crippen LogP contribution >= 0.6 is 7.82 Å². The number of esters is 2. The number of nitrogens with zero attached hydrogens (tertiary/aromatic N) is 1. The summed E-state index contributed by atoms with van der Waals surface area (Å²) in [5, 5.41) is 0.